The predicted molar refractivity (Wildman–Crippen MR) is 122 cm³/mol. The molecule has 0 aliphatic carbocycles. The number of carbonyl (C=O) groups excluding carboxylic acids is 2. The molecule has 2 saturated heterocycles. The van der Waals surface area contributed by atoms with Gasteiger partial charge in [-0.3, -0.25) is 9.59 Å². The third kappa shape index (κ3) is 6.56. The molecule has 2 amide bonds. The molecule has 1 aromatic rings. The number of nitrogens with one attached hydrogen (secondary N) is 1. The minimum atomic E-state index is -0.331. The summed E-state index contributed by atoms with van der Waals surface area (Å²) >= 11 is 0. The van der Waals surface area contributed by atoms with Crippen molar-refractivity contribution in [1.29, 1.82) is 0 Å². The number of carbonyl (C=O) groups is 2. The summed E-state index contributed by atoms with van der Waals surface area (Å²) in [7, 11) is 0. The molecule has 31 heavy (non-hydrogen) atoms. The van der Waals surface area contributed by atoms with Crippen molar-refractivity contribution in [3.05, 3.63) is 72.3 Å². The van der Waals surface area contributed by atoms with Crippen LogP contribution in [0.4, 0.5) is 0 Å². The smallest absolute Gasteiger partial charge is 0.270 e. The molecule has 0 spiro atoms. The van der Waals surface area contributed by atoms with Gasteiger partial charge in [-0.1, -0.05) is 37.3 Å². The van der Waals surface area contributed by atoms with Gasteiger partial charge in [-0.15, -0.1) is 0 Å². The van der Waals surface area contributed by atoms with E-state index in [2.05, 4.69) is 16.8 Å². The topological polar surface area (TPSA) is 61.9 Å². The summed E-state index contributed by atoms with van der Waals surface area (Å²) in [6.07, 6.45) is 10.5. The molecule has 1 aromatic carbocycles. The Labute approximate surface area is 185 Å². The van der Waals surface area contributed by atoms with Crippen LogP contribution >= 0.6 is 0 Å². The lowest BCUT2D eigenvalue weighted by atomic mass is 9.99. The molecular weight excluding hydrogens is 390 g/mol. The number of hydrogen-bond acceptors (Lipinski definition) is 4. The number of hydrogen-bond donors (Lipinski definition) is 1. The molecule has 2 fully saturated rings. The van der Waals surface area contributed by atoms with E-state index in [0.29, 0.717) is 24.7 Å². The fraction of sp³-hybridized carbons (Fsp3) is 0.440. The van der Waals surface area contributed by atoms with E-state index in [1.807, 2.05) is 17.9 Å². The first-order valence-corrected chi connectivity index (χ1v) is 11.2. The molecule has 0 radical (unpaired) electrons. The minimum Gasteiger partial charge on any atom is -0.466 e. The van der Waals surface area contributed by atoms with Crippen LogP contribution in [-0.2, 0) is 9.53 Å². The third-order valence-electron chi connectivity index (χ3n) is 5.83. The van der Waals surface area contributed by atoms with Gasteiger partial charge in [-0.25, -0.2) is 0 Å². The summed E-state index contributed by atoms with van der Waals surface area (Å²) in [5, 5.41) is 2.77. The Morgan fingerprint density at radius 3 is 2.39 bits per heavy atom. The van der Waals surface area contributed by atoms with Crippen molar-refractivity contribution in [2.75, 3.05) is 26.2 Å². The van der Waals surface area contributed by atoms with Crippen molar-refractivity contribution in [2.24, 2.45) is 0 Å². The van der Waals surface area contributed by atoms with Gasteiger partial charge in [0.1, 0.15) is 11.5 Å². The first-order valence-electron chi connectivity index (χ1n) is 11.2. The number of rotatable bonds is 7. The van der Waals surface area contributed by atoms with Crippen LogP contribution in [0, 0.1) is 0 Å². The number of benzene rings is 1. The van der Waals surface area contributed by atoms with Crippen molar-refractivity contribution in [2.45, 2.75) is 45.1 Å². The molecule has 2 heterocycles. The van der Waals surface area contributed by atoms with Crippen LogP contribution in [0.5, 0.6) is 0 Å². The number of allylic oxidation sites excluding steroid dienone is 2. The maximum atomic E-state index is 13.3. The summed E-state index contributed by atoms with van der Waals surface area (Å²) in [6.45, 7) is 9.35. The highest BCUT2D eigenvalue weighted by molar-refractivity contribution is 6.03. The van der Waals surface area contributed by atoms with Crippen molar-refractivity contribution in [3.8, 4) is 0 Å². The van der Waals surface area contributed by atoms with Crippen LogP contribution in [0.3, 0.4) is 0 Å². The highest BCUT2D eigenvalue weighted by Crippen LogP contribution is 2.22. The van der Waals surface area contributed by atoms with Gasteiger partial charge in [0.05, 0.1) is 6.26 Å². The second kappa shape index (κ2) is 11.5. The van der Waals surface area contributed by atoms with Crippen molar-refractivity contribution >= 4 is 11.8 Å². The highest BCUT2D eigenvalue weighted by atomic mass is 16.5. The second-order valence-electron chi connectivity index (χ2n) is 8.05. The molecule has 0 saturated carbocycles. The minimum absolute atomic E-state index is 0.180. The second-order valence-corrected chi connectivity index (χ2v) is 8.05. The lowest BCUT2D eigenvalue weighted by molar-refractivity contribution is -0.129. The van der Waals surface area contributed by atoms with Gasteiger partial charge in [-0.05, 0) is 57.8 Å². The quantitative estimate of drug-likeness (QED) is 0.411. The zero-order valence-corrected chi connectivity index (χ0v) is 18.4. The molecule has 6 heteroatoms. The normalized spacial score (nSPS) is 18.7. The molecule has 6 nitrogen and oxygen atoms in total. The Morgan fingerprint density at radius 2 is 1.74 bits per heavy atom. The Morgan fingerprint density at radius 1 is 1.06 bits per heavy atom. The van der Waals surface area contributed by atoms with Crippen LogP contribution in [-0.4, -0.2) is 53.8 Å². The van der Waals surface area contributed by atoms with Gasteiger partial charge >= 0.3 is 0 Å². The number of nitrogens with zero attached hydrogens (tertiary/aromatic N) is 2. The van der Waals surface area contributed by atoms with Gasteiger partial charge < -0.3 is 19.9 Å². The van der Waals surface area contributed by atoms with E-state index >= 15 is 0 Å². The van der Waals surface area contributed by atoms with E-state index in [-0.39, 0.29) is 23.3 Å². The van der Waals surface area contributed by atoms with Crippen molar-refractivity contribution in [1.82, 2.24) is 15.1 Å². The van der Waals surface area contributed by atoms with Crippen LogP contribution in [0.25, 0.3) is 0 Å². The molecule has 1 N–H and O–H groups in total. The van der Waals surface area contributed by atoms with Crippen LogP contribution in [0.2, 0.25) is 0 Å². The van der Waals surface area contributed by atoms with Crippen molar-refractivity contribution in [3.63, 3.8) is 0 Å². The lowest BCUT2D eigenvalue weighted by Crippen LogP contribution is -2.49. The SMILES string of the molecule is C=C(/C=C(\NC(=O)c1ccccc1)C(=O)N1CCC(N2CCCCC2)CC1)O/C=C\C. The maximum absolute atomic E-state index is 13.3. The Hall–Kier alpha value is -2.86. The van der Waals surface area contributed by atoms with Crippen molar-refractivity contribution < 1.29 is 14.3 Å². The summed E-state index contributed by atoms with van der Waals surface area (Å²) in [4.78, 5) is 30.3. The fourth-order valence-corrected chi connectivity index (χ4v) is 4.17. The average molecular weight is 424 g/mol. The number of ether oxygens (including phenoxy) is 1. The molecule has 0 aromatic heterocycles. The standard InChI is InChI=1S/C25H33N3O3/c1-3-18-31-20(2)19-23(26-24(29)21-10-6-4-7-11-21)25(30)28-16-12-22(13-17-28)27-14-8-5-9-15-27/h3-4,6-7,10-11,18-19,22H,2,5,8-9,12-17H2,1H3,(H,26,29)/b18-3-,23-19-. The number of piperidine rings is 2. The Bertz CT molecular complexity index is 818. The summed E-state index contributed by atoms with van der Waals surface area (Å²) in [6, 6.07) is 9.40. The average Bonchev–Trinajstić information content (AvgIpc) is 2.83. The predicted octanol–water partition coefficient (Wildman–Crippen LogP) is 3.84. The van der Waals surface area contributed by atoms with E-state index in [4.69, 9.17) is 4.74 Å². The highest BCUT2D eigenvalue weighted by Gasteiger charge is 2.29. The zero-order valence-electron chi connectivity index (χ0n) is 18.4. The summed E-state index contributed by atoms with van der Waals surface area (Å²) in [5.41, 5.74) is 0.671. The molecule has 3 rings (SSSR count). The third-order valence-corrected chi connectivity index (χ3v) is 5.83. The fourth-order valence-electron chi connectivity index (χ4n) is 4.17. The van der Waals surface area contributed by atoms with Gasteiger partial charge in [0.2, 0.25) is 0 Å². The molecule has 166 valence electrons. The van der Waals surface area contributed by atoms with E-state index < -0.39 is 0 Å². The molecule has 2 aliphatic heterocycles. The van der Waals surface area contributed by atoms with E-state index in [1.54, 1.807) is 30.3 Å². The Kier molecular flexibility index (Phi) is 8.47. The van der Waals surface area contributed by atoms with E-state index in [0.717, 1.165) is 12.8 Å². The Balaban J connectivity index is 1.67. The first-order chi connectivity index (χ1) is 15.1. The van der Waals surface area contributed by atoms with E-state index in [1.165, 1.54) is 44.7 Å². The monoisotopic (exact) mass is 423 g/mol. The number of likely N-dealkylation sites (tertiary alicyclic amines) is 2. The molecular formula is C25H33N3O3. The molecule has 0 unspecified atom stereocenters. The summed E-state index contributed by atoms with van der Waals surface area (Å²) < 4.78 is 5.36. The lowest BCUT2D eigenvalue weighted by Gasteiger charge is -2.40. The van der Waals surface area contributed by atoms with Gasteiger partial charge in [0, 0.05) is 30.8 Å². The van der Waals surface area contributed by atoms with Crippen LogP contribution in [0.1, 0.15) is 49.4 Å². The first kappa shape index (κ1) is 22.8. The van der Waals surface area contributed by atoms with Crippen LogP contribution in [0.15, 0.2) is 66.8 Å². The van der Waals surface area contributed by atoms with Gasteiger partial charge in [0.25, 0.3) is 11.8 Å². The summed E-state index contributed by atoms with van der Waals surface area (Å²) in [5.74, 6) is -0.244. The van der Waals surface area contributed by atoms with Gasteiger partial charge in [-0.2, -0.15) is 0 Å². The zero-order chi connectivity index (χ0) is 22.1. The largest absolute Gasteiger partial charge is 0.466 e. The van der Waals surface area contributed by atoms with Crippen LogP contribution < -0.4 is 5.32 Å². The van der Waals surface area contributed by atoms with E-state index in [9.17, 15) is 9.59 Å². The molecule has 0 atom stereocenters. The molecule has 2 aliphatic rings. The maximum Gasteiger partial charge on any atom is 0.270 e. The number of amides is 2. The van der Waals surface area contributed by atoms with Gasteiger partial charge in [0.15, 0.2) is 0 Å². The molecule has 0 bridgehead atoms.